The molecule has 1 saturated heterocycles. The second kappa shape index (κ2) is 5.79. The molecule has 0 spiro atoms. The molecule has 7 heteroatoms. The topological polar surface area (TPSA) is 73.3 Å². The van der Waals surface area contributed by atoms with Crippen LogP contribution in [0.3, 0.4) is 0 Å². The Labute approximate surface area is 116 Å². The standard InChI is InChI=1S/C13H15N5O2/c1-19-11-4-2-10(3-5-11)12-14-16-13(17-15-12)18-6-8-20-9-7-18/h2-5H,6-9H2,1H3. The third kappa shape index (κ3) is 2.67. The zero-order chi connectivity index (χ0) is 13.8. The van der Waals surface area contributed by atoms with Crippen LogP contribution in [-0.4, -0.2) is 53.8 Å². The number of hydrogen-bond acceptors (Lipinski definition) is 7. The molecule has 0 unspecified atom stereocenters. The van der Waals surface area contributed by atoms with Crippen molar-refractivity contribution in [2.45, 2.75) is 0 Å². The van der Waals surface area contributed by atoms with Crippen LogP contribution >= 0.6 is 0 Å². The average Bonchev–Trinajstić information content (AvgIpc) is 2.56. The van der Waals surface area contributed by atoms with Crippen molar-refractivity contribution in [1.29, 1.82) is 0 Å². The molecule has 1 fully saturated rings. The lowest BCUT2D eigenvalue weighted by atomic mass is 10.2. The Morgan fingerprint density at radius 3 is 2.25 bits per heavy atom. The van der Waals surface area contributed by atoms with E-state index in [4.69, 9.17) is 9.47 Å². The van der Waals surface area contributed by atoms with Gasteiger partial charge in [0.05, 0.1) is 20.3 Å². The number of benzene rings is 1. The maximum Gasteiger partial charge on any atom is 0.264 e. The van der Waals surface area contributed by atoms with Crippen LogP contribution in [0.2, 0.25) is 0 Å². The molecule has 104 valence electrons. The Hall–Kier alpha value is -2.28. The molecule has 1 aliphatic rings. The van der Waals surface area contributed by atoms with Crippen molar-refractivity contribution in [2.24, 2.45) is 0 Å². The van der Waals surface area contributed by atoms with Gasteiger partial charge in [0.15, 0.2) is 0 Å². The van der Waals surface area contributed by atoms with E-state index in [1.54, 1.807) is 7.11 Å². The van der Waals surface area contributed by atoms with E-state index in [1.165, 1.54) is 0 Å². The summed E-state index contributed by atoms with van der Waals surface area (Å²) < 4.78 is 10.4. The van der Waals surface area contributed by atoms with Crippen LogP contribution in [0.25, 0.3) is 11.4 Å². The van der Waals surface area contributed by atoms with Crippen molar-refractivity contribution in [3.63, 3.8) is 0 Å². The highest BCUT2D eigenvalue weighted by Crippen LogP contribution is 2.18. The summed E-state index contributed by atoms with van der Waals surface area (Å²) in [5.41, 5.74) is 0.860. The molecule has 7 nitrogen and oxygen atoms in total. The minimum absolute atomic E-state index is 0.504. The van der Waals surface area contributed by atoms with Gasteiger partial charge >= 0.3 is 0 Å². The molecule has 20 heavy (non-hydrogen) atoms. The summed E-state index contributed by atoms with van der Waals surface area (Å²) in [7, 11) is 1.63. The first-order valence-electron chi connectivity index (χ1n) is 6.41. The maximum absolute atomic E-state index is 5.29. The first-order valence-corrected chi connectivity index (χ1v) is 6.41. The van der Waals surface area contributed by atoms with Crippen LogP contribution in [0.15, 0.2) is 24.3 Å². The first kappa shape index (κ1) is 12.7. The Kier molecular flexibility index (Phi) is 3.69. The highest BCUT2D eigenvalue weighted by Gasteiger charge is 2.15. The summed E-state index contributed by atoms with van der Waals surface area (Å²) in [6, 6.07) is 7.47. The zero-order valence-corrected chi connectivity index (χ0v) is 11.2. The number of methoxy groups -OCH3 is 1. The van der Waals surface area contributed by atoms with Crippen molar-refractivity contribution in [1.82, 2.24) is 20.4 Å². The Bertz CT molecular complexity index is 552. The van der Waals surface area contributed by atoms with Gasteiger partial charge in [0.1, 0.15) is 5.75 Å². The van der Waals surface area contributed by atoms with Gasteiger partial charge in [0.25, 0.3) is 5.95 Å². The van der Waals surface area contributed by atoms with E-state index < -0.39 is 0 Å². The van der Waals surface area contributed by atoms with Gasteiger partial charge in [-0.1, -0.05) is 0 Å². The lowest BCUT2D eigenvalue weighted by Crippen LogP contribution is -2.37. The Morgan fingerprint density at radius 1 is 1.00 bits per heavy atom. The van der Waals surface area contributed by atoms with Crippen molar-refractivity contribution in [2.75, 3.05) is 38.3 Å². The fourth-order valence-corrected chi connectivity index (χ4v) is 1.97. The summed E-state index contributed by atoms with van der Waals surface area (Å²) in [5.74, 6) is 1.84. The summed E-state index contributed by atoms with van der Waals surface area (Å²) in [5, 5.41) is 16.5. The van der Waals surface area contributed by atoms with Gasteiger partial charge in [-0.3, -0.25) is 0 Å². The van der Waals surface area contributed by atoms with Crippen LogP contribution in [-0.2, 0) is 4.74 Å². The predicted molar refractivity (Wildman–Crippen MR) is 72.6 cm³/mol. The van der Waals surface area contributed by atoms with Crippen molar-refractivity contribution in [3.8, 4) is 17.1 Å². The summed E-state index contributed by atoms with van der Waals surface area (Å²) in [4.78, 5) is 2.02. The minimum atomic E-state index is 0.504. The average molecular weight is 273 g/mol. The molecule has 2 aromatic rings. The number of morpholine rings is 1. The van der Waals surface area contributed by atoms with E-state index >= 15 is 0 Å². The van der Waals surface area contributed by atoms with Crippen LogP contribution in [0.4, 0.5) is 5.95 Å². The molecule has 1 aliphatic heterocycles. The molecule has 2 heterocycles. The number of nitrogens with zero attached hydrogens (tertiary/aromatic N) is 5. The first-order chi connectivity index (χ1) is 9.86. The summed E-state index contributed by atoms with van der Waals surface area (Å²) in [6.07, 6.45) is 0. The van der Waals surface area contributed by atoms with Crippen LogP contribution in [0, 0.1) is 0 Å². The largest absolute Gasteiger partial charge is 0.497 e. The van der Waals surface area contributed by atoms with Gasteiger partial charge in [-0.05, 0) is 24.3 Å². The molecule has 1 aromatic heterocycles. The molecule has 0 radical (unpaired) electrons. The monoisotopic (exact) mass is 273 g/mol. The summed E-state index contributed by atoms with van der Waals surface area (Å²) >= 11 is 0. The van der Waals surface area contributed by atoms with Crippen LogP contribution < -0.4 is 9.64 Å². The van der Waals surface area contributed by atoms with Gasteiger partial charge in [0, 0.05) is 18.7 Å². The van der Waals surface area contributed by atoms with E-state index in [0.717, 1.165) is 24.4 Å². The number of rotatable bonds is 3. The highest BCUT2D eigenvalue weighted by atomic mass is 16.5. The van der Waals surface area contributed by atoms with Crippen molar-refractivity contribution >= 4 is 5.95 Å². The van der Waals surface area contributed by atoms with E-state index in [0.29, 0.717) is 25.0 Å². The van der Waals surface area contributed by atoms with E-state index in [-0.39, 0.29) is 0 Å². The van der Waals surface area contributed by atoms with Gasteiger partial charge in [0.2, 0.25) is 5.82 Å². The van der Waals surface area contributed by atoms with E-state index in [1.807, 2.05) is 29.2 Å². The highest BCUT2D eigenvalue weighted by molar-refractivity contribution is 5.55. The lowest BCUT2D eigenvalue weighted by Gasteiger charge is -2.25. The Morgan fingerprint density at radius 2 is 1.65 bits per heavy atom. The fourth-order valence-electron chi connectivity index (χ4n) is 1.97. The van der Waals surface area contributed by atoms with Crippen LogP contribution in [0.5, 0.6) is 5.75 Å². The third-order valence-electron chi connectivity index (χ3n) is 3.11. The molecule has 1 aromatic carbocycles. The van der Waals surface area contributed by atoms with Crippen molar-refractivity contribution in [3.05, 3.63) is 24.3 Å². The molecule has 0 bridgehead atoms. The van der Waals surface area contributed by atoms with Gasteiger partial charge in [-0.25, -0.2) is 0 Å². The second-order valence-corrected chi connectivity index (χ2v) is 4.35. The number of anilines is 1. The second-order valence-electron chi connectivity index (χ2n) is 4.35. The van der Waals surface area contributed by atoms with Gasteiger partial charge < -0.3 is 14.4 Å². The third-order valence-corrected chi connectivity index (χ3v) is 3.11. The molecular weight excluding hydrogens is 258 g/mol. The van der Waals surface area contributed by atoms with E-state index in [2.05, 4.69) is 20.4 Å². The number of ether oxygens (including phenoxy) is 2. The molecule has 0 amide bonds. The molecule has 0 saturated carbocycles. The molecule has 3 rings (SSSR count). The van der Waals surface area contributed by atoms with E-state index in [9.17, 15) is 0 Å². The Balaban J connectivity index is 1.77. The maximum atomic E-state index is 5.29. The molecule has 0 N–H and O–H groups in total. The quantitative estimate of drug-likeness (QED) is 0.818. The fraction of sp³-hybridized carbons (Fsp3) is 0.385. The minimum Gasteiger partial charge on any atom is -0.497 e. The lowest BCUT2D eigenvalue weighted by molar-refractivity contribution is 0.122. The number of aromatic nitrogens is 4. The zero-order valence-electron chi connectivity index (χ0n) is 11.2. The van der Waals surface area contributed by atoms with Gasteiger partial charge in [-0.15, -0.1) is 20.4 Å². The van der Waals surface area contributed by atoms with Gasteiger partial charge in [-0.2, -0.15) is 0 Å². The number of hydrogen-bond donors (Lipinski definition) is 0. The van der Waals surface area contributed by atoms with Crippen LogP contribution in [0.1, 0.15) is 0 Å². The summed E-state index contributed by atoms with van der Waals surface area (Å²) in [6.45, 7) is 2.91. The SMILES string of the molecule is COc1ccc(-c2nnc(N3CCOCC3)nn2)cc1. The van der Waals surface area contributed by atoms with Crippen molar-refractivity contribution < 1.29 is 9.47 Å². The molecular formula is C13H15N5O2. The smallest absolute Gasteiger partial charge is 0.264 e. The molecule has 0 atom stereocenters. The molecule has 0 aliphatic carbocycles. The predicted octanol–water partition coefficient (Wildman–Crippen LogP) is 0.779. The normalized spacial score (nSPS) is 15.2.